The summed E-state index contributed by atoms with van der Waals surface area (Å²) in [6, 6.07) is 8.02. The molecule has 0 radical (unpaired) electrons. The second kappa shape index (κ2) is 6.67. The molecule has 0 N–H and O–H groups in total. The normalized spacial score (nSPS) is 16.2. The van der Waals surface area contributed by atoms with Crippen LogP contribution in [0.3, 0.4) is 0 Å². The molecule has 1 aliphatic heterocycles. The second-order valence-electron chi connectivity index (χ2n) is 7.17. The molecule has 1 fully saturated rings. The molecule has 3 rings (SSSR count). The Balaban J connectivity index is 1.55. The van der Waals surface area contributed by atoms with E-state index in [0.29, 0.717) is 13.1 Å². The zero-order valence-electron chi connectivity index (χ0n) is 14.5. The molecular formula is C19H24N2O3. The fourth-order valence-corrected chi connectivity index (χ4v) is 2.81. The van der Waals surface area contributed by atoms with Crippen LogP contribution in [0.1, 0.15) is 33.6 Å². The van der Waals surface area contributed by atoms with Crippen LogP contribution in [0, 0.1) is 0 Å². The number of ether oxygens (including phenoxy) is 2. The predicted molar refractivity (Wildman–Crippen MR) is 93.2 cm³/mol. The predicted octanol–water partition coefficient (Wildman–Crippen LogP) is 4.01. The maximum absolute atomic E-state index is 12.1. The smallest absolute Gasteiger partial charge is 0.410 e. The summed E-state index contributed by atoms with van der Waals surface area (Å²) >= 11 is 0. The summed E-state index contributed by atoms with van der Waals surface area (Å²) in [5, 5.41) is 2.22. The van der Waals surface area contributed by atoms with Crippen molar-refractivity contribution in [1.82, 2.24) is 9.88 Å². The summed E-state index contributed by atoms with van der Waals surface area (Å²) in [7, 11) is 0. The summed E-state index contributed by atoms with van der Waals surface area (Å²) in [5.74, 6) is 0.865. The Morgan fingerprint density at radius 2 is 1.92 bits per heavy atom. The van der Waals surface area contributed by atoms with Gasteiger partial charge in [0.1, 0.15) is 17.5 Å². The largest absolute Gasteiger partial charge is 0.490 e. The van der Waals surface area contributed by atoms with Crippen molar-refractivity contribution in [2.24, 2.45) is 0 Å². The van der Waals surface area contributed by atoms with Crippen LogP contribution in [0.5, 0.6) is 5.75 Å². The fraction of sp³-hybridized carbons (Fsp3) is 0.474. The summed E-state index contributed by atoms with van der Waals surface area (Å²) in [5.41, 5.74) is -0.454. The van der Waals surface area contributed by atoms with E-state index in [4.69, 9.17) is 9.47 Å². The topological polar surface area (TPSA) is 51.7 Å². The number of rotatable bonds is 2. The SMILES string of the molecule is CC(C)(C)OC(=O)N1CCC(Oc2ccc3cnccc3c2)CC1. The molecule has 0 bridgehead atoms. The van der Waals surface area contributed by atoms with Gasteiger partial charge in [0.2, 0.25) is 0 Å². The van der Waals surface area contributed by atoms with Gasteiger partial charge in [0, 0.05) is 43.7 Å². The number of benzene rings is 1. The van der Waals surface area contributed by atoms with Crippen LogP contribution in [-0.2, 0) is 4.74 Å². The third-order valence-corrected chi connectivity index (χ3v) is 4.01. The molecule has 1 amide bonds. The van der Waals surface area contributed by atoms with E-state index in [2.05, 4.69) is 4.98 Å². The van der Waals surface area contributed by atoms with Crippen LogP contribution in [0.2, 0.25) is 0 Å². The molecule has 2 heterocycles. The van der Waals surface area contributed by atoms with E-state index in [-0.39, 0.29) is 12.2 Å². The van der Waals surface area contributed by atoms with Crippen LogP contribution in [0.4, 0.5) is 4.79 Å². The van der Waals surface area contributed by atoms with Gasteiger partial charge in [0.25, 0.3) is 0 Å². The van der Waals surface area contributed by atoms with Crippen LogP contribution in [0.25, 0.3) is 10.8 Å². The average molecular weight is 328 g/mol. The summed E-state index contributed by atoms with van der Waals surface area (Å²) < 4.78 is 11.5. The Bertz CT molecular complexity index is 716. The first-order chi connectivity index (χ1) is 11.4. The number of pyridine rings is 1. The monoisotopic (exact) mass is 328 g/mol. The number of carbonyl (C=O) groups is 1. The Morgan fingerprint density at radius 3 is 2.62 bits per heavy atom. The molecule has 1 aliphatic rings. The lowest BCUT2D eigenvalue weighted by Crippen LogP contribution is -2.44. The molecule has 0 aliphatic carbocycles. The van der Waals surface area contributed by atoms with E-state index in [0.717, 1.165) is 29.4 Å². The Hall–Kier alpha value is -2.30. The molecule has 0 saturated carbocycles. The van der Waals surface area contributed by atoms with Crippen molar-refractivity contribution in [2.75, 3.05) is 13.1 Å². The number of hydrogen-bond donors (Lipinski definition) is 0. The Labute approximate surface area is 142 Å². The van der Waals surface area contributed by atoms with Crippen LogP contribution >= 0.6 is 0 Å². The fourth-order valence-electron chi connectivity index (χ4n) is 2.81. The second-order valence-corrected chi connectivity index (χ2v) is 7.17. The molecule has 1 aromatic carbocycles. The van der Waals surface area contributed by atoms with Crippen LogP contribution < -0.4 is 4.74 Å². The van der Waals surface area contributed by atoms with E-state index in [1.54, 1.807) is 11.1 Å². The van der Waals surface area contributed by atoms with Crippen molar-refractivity contribution in [1.29, 1.82) is 0 Å². The third-order valence-electron chi connectivity index (χ3n) is 4.01. The van der Waals surface area contributed by atoms with E-state index >= 15 is 0 Å². The van der Waals surface area contributed by atoms with Gasteiger partial charge in [0.05, 0.1) is 0 Å². The molecule has 0 spiro atoms. The molecular weight excluding hydrogens is 304 g/mol. The minimum Gasteiger partial charge on any atom is -0.490 e. The van der Waals surface area contributed by atoms with Gasteiger partial charge in [-0.05, 0) is 50.4 Å². The number of likely N-dealkylation sites (tertiary alicyclic amines) is 1. The van der Waals surface area contributed by atoms with Crippen LogP contribution in [-0.4, -0.2) is 40.8 Å². The van der Waals surface area contributed by atoms with E-state index in [9.17, 15) is 4.79 Å². The maximum Gasteiger partial charge on any atom is 0.410 e. The number of carbonyl (C=O) groups excluding carboxylic acids is 1. The number of fused-ring (bicyclic) bond motifs is 1. The summed E-state index contributed by atoms with van der Waals surface area (Å²) in [6.45, 7) is 6.98. The quantitative estimate of drug-likeness (QED) is 0.836. The van der Waals surface area contributed by atoms with E-state index < -0.39 is 5.60 Å². The first-order valence-electron chi connectivity index (χ1n) is 8.39. The van der Waals surface area contributed by atoms with Crippen molar-refractivity contribution < 1.29 is 14.3 Å². The molecule has 0 atom stereocenters. The number of hydrogen-bond acceptors (Lipinski definition) is 4. The molecule has 2 aromatic rings. The molecule has 24 heavy (non-hydrogen) atoms. The standard InChI is InChI=1S/C19H24N2O3/c1-19(2,3)24-18(22)21-10-7-16(8-11-21)23-17-5-4-15-13-20-9-6-14(15)12-17/h4-6,9,12-13,16H,7-8,10-11H2,1-3H3. The highest BCUT2D eigenvalue weighted by Gasteiger charge is 2.27. The average Bonchev–Trinajstić information content (AvgIpc) is 2.54. The molecule has 128 valence electrons. The first-order valence-corrected chi connectivity index (χ1v) is 8.39. The number of piperidine rings is 1. The van der Waals surface area contributed by atoms with Crippen molar-refractivity contribution >= 4 is 16.9 Å². The highest BCUT2D eigenvalue weighted by atomic mass is 16.6. The summed E-state index contributed by atoms with van der Waals surface area (Å²) in [4.78, 5) is 18.0. The van der Waals surface area contributed by atoms with E-state index in [1.807, 2.05) is 51.2 Å². The third kappa shape index (κ3) is 4.16. The van der Waals surface area contributed by atoms with Gasteiger partial charge in [-0.2, -0.15) is 0 Å². The molecule has 5 nitrogen and oxygen atoms in total. The van der Waals surface area contributed by atoms with Crippen LogP contribution in [0.15, 0.2) is 36.7 Å². The lowest BCUT2D eigenvalue weighted by molar-refractivity contribution is 0.0127. The highest BCUT2D eigenvalue weighted by Crippen LogP contribution is 2.24. The number of aromatic nitrogens is 1. The molecule has 1 aromatic heterocycles. The van der Waals surface area contributed by atoms with E-state index in [1.165, 1.54) is 0 Å². The van der Waals surface area contributed by atoms with Crippen molar-refractivity contribution in [2.45, 2.75) is 45.3 Å². The number of amides is 1. The lowest BCUT2D eigenvalue weighted by atomic mass is 10.1. The Kier molecular flexibility index (Phi) is 4.60. The molecule has 0 unspecified atom stereocenters. The first kappa shape index (κ1) is 16.6. The van der Waals surface area contributed by atoms with Crippen molar-refractivity contribution in [3.8, 4) is 5.75 Å². The van der Waals surface area contributed by atoms with Gasteiger partial charge in [-0.1, -0.05) is 0 Å². The van der Waals surface area contributed by atoms with Gasteiger partial charge in [-0.15, -0.1) is 0 Å². The Morgan fingerprint density at radius 1 is 1.17 bits per heavy atom. The zero-order chi connectivity index (χ0) is 17.2. The van der Waals surface area contributed by atoms with Gasteiger partial charge in [0.15, 0.2) is 0 Å². The van der Waals surface area contributed by atoms with Gasteiger partial charge < -0.3 is 14.4 Å². The summed E-state index contributed by atoms with van der Waals surface area (Å²) in [6.07, 6.45) is 5.15. The van der Waals surface area contributed by atoms with Gasteiger partial charge in [-0.3, -0.25) is 4.98 Å². The maximum atomic E-state index is 12.1. The zero-order valence-corrected chi connectivity index (χ0v) is 14.5. The minimum absolute atomic E-state index is 0.128. The minimum atomic E-state index is -0.454. The van der Waals surface area contributed by atoms with Gasteiger partial charge in [-0.25, -0.2) is 4.79 Å². The van der Waals surface area contributed by atoms with Crippen molar-refractivity contribution in [3.63, 3.8) is 0 Å². The number of nitrogens with zero attached hydrogens (tertiary/aromatic N) is 2. The van der Waals surface area contributed by atoms with Gasteiger partial charge >= 0.3 is 6.09 Å². The lowest BCUT2D eigenvalue weighted by Gasteiger charge is -2.33. The van der Waals surface area contributed by atoms with Crippen molar-refractivity contribution in [3.05, 3.63) is 36.7 Å². The molecule has 5 heteroatoms. The highest BCUT2D eigenvalue weighted by molar-refractivity contribution is 5.82. The molecule has 1 saturated heterocycles.